The fourth-order valence-corrected chi connectivity index (χ4v) is 10.1. The predicted octanol–water partition coefficient (Wildman–Crippen LogP) is 5.17. The lowest BCUT2D eigenvalue weighted by atomic mass is 9.91. The fraction of sp³-hybridized carbons (Fsp3) is 0.606. The maximum absolute atomic E-state index is 13.5. The lowest BCUT2D eigenvalue weighted by Gasteiger charge is -2.21. The Balaban J connectivity index is 1.39. The van der Waals surface area contributed by atoms with Gasteiger partial charge < -0.3 is 19.4 Å². The molecule has 1 N–H and O–H groups in total. The molecule has 0 amide bonds. The summed E-state index contributed by atoms with van der Waals surface area (Å²) in [5.74, 6) is 0.596. The number of hydrogen-bond donors (Lipinski definition) is 1. The van der Waals surface area contributed by atoms with Crippen molar-refractivity contribution < 1.29 is 36.3 Å². The normalized spacial score (nSPS) is 17.8. The summed E-state index contributed by atoms with van der Waals surface area (Å²) >= 11 is 0. The van der Waals surface area contributed by atoms with Gasteiger partial charge >= 0.3 is 0 Å². The average molecular weight is 648 g/mol. The monoisotopic (exact) mass is 647 g/mol. The Bertz CT molecular complexity index is 1410. The van der Waals surface area contributed by atoms with E-state index < -0.39 is 19.7 Å². The highest BCUT2D eigenvalue weighted by Gasteiger charge is 2.32. The van der Waals surface area contributed by atoms with Crippen LogP contribution < -0.4 is 0 Å². The third kappa shape index (κ3) is 8.28. The van der Waals surface area contributed by atoms with E-state index in [1.54, 1.807) is 36.4 Å². The topological polar surface area (TPSA) is 129 Å². The van der Waals surface area contributed by atoms with Crippen molar-refractivity contribution in [1.82, 2.24) is 0 Å². The van der Waals surface area contributed by atoms with Gasteiger partial charge in [0.25, 0.3) is 0 Å². The third-order valence-electron chi connectivity index (χ3n) is 8.94. The van der Waals surface area contributed by atoms with Crippen LogP contribution in [0.25, 0.3) is 11.1 Å². The van der Waals surface area contributed by atoms with Gasteiger partial charge in [-0.25, -0.2) is 16.8 Å². The van der Waals surface area contributed by atoms with Gasteiger partial charge in [-0.3, -0.25) is 0 Å². The molecule has 2 aromatic rings. The first-order valence-corrected chi connectivity index (χ1v) is 19.3. The van der Waals surface area contributed by atoms with Gasteiger partial charge in [-0.05, 0) is 72.9 Å². The highest BCUT2D eigenvalue weighted by Crippen LogP contribution is 2.40. The number of oxime groups is 1. The second-order valence-electron chi connectivity index (χ2n) is 12.2. The minimum absolute atomic E-state index is 0.0449. The van der Waals surface area contributed by atoms with E-state index in [-0.39, 0.29) is 59.6 Å². The van der Waals surface area contributed by atoms with E-state index in [0.29, 0.717) is 30.1 Å². The van der Waals surface area contributed by atoms with Crippen LogP contribution in [0.5, 0.6) is 0 Å². The molecule has 0 spiro atoms. The number of sulfone groups is 2. The molecule has 2 aromatic carbocycles. The first-order chi connectivity index (χ1) is 21.3. The Morgan fingerprint density at radius 3 is 1.55 bits per heavy atom. The molecule has 2 saturated carbocycles. The second kappa shape index (κ2) is 15.3. The van der Waals surface area contributed by atoms with Crippen LogP contribution in [0, 0.1) is 11.8 Å². The molecular weight excluding hydrogens is 602 g/mol. The van der Waals surface area contributed by atoms with Crippen molar-refractivity contribution in [2.24, 2.45) is 17.0 Å². The molecule has 0 saturated heterocycles. The fourth-order valence-electron chi connectivity index (χ4n) is 6.65. The van der Waals surface area contributed by atoms with Gasteiger partial charge in [-0.1, -0.05) is 55.8 Å². The van der Waals surface area contributed by atoms with Crippen molar-refractivity contribution in [3.63, 3.8) is 0 Å². The Morgan fingerprint density at radius 2 is 1.07 bits per heavy atom. The molecular formula is C33H45NO8S2. The van der Waals surface area contributed by atoms with Gasteiger partial charge in [0.05, 0.1) is 54.3 Å². The molecule has 5 rings (SSSR count). The van der Waals surface area contributed by atoms with Crippen LogP contribution >= 0.6 is 0 Å². The van der Waals surface area contributed by atoms with Crippen LogP contribution in [0.2, 0.25) is 0 Å². The number of ether oxygens (including phenoxy) is 2. The number of hydrogen-bond acceptors (Lipinski definition) is 9. The van der Waals surface area contributed by atoms with Crippen LogP contribution in [-0.4, -0.2) is 78.8 Å². The molecule has 9 nitrogen and oxygen atoms in total. The maximum atomic E-state index is 13.5. The van der Waals surface area contributed by atoms with E-state index in [1.807, 2.05) is 0 Å². The number of aliphatic hydroxyl groups is 1. The Morgan fingerprint density at radius 1 is 0.614 bits per heavy atom. The molecule has 2 fully saturated rings. The summed E-state index contributed by atoms with van der Waals surface area (Å²) in [7, 11) is -7.04. The molecule has 0 aliphatic heterocycles. The zero-order chi connectivity index (χ0) is 31.0. The number of aliphatic hydroxyl groups excluding tert-OH is 1. The summed E-state index contributed by atoms with van der Waals surface area (Å²) in [5, 5.41) is 13.2. The lowest BCUT2D eigenvalue weighted by molar-refractivity contribution is 0.00876. The maximum Gasteiger partial charge on any atom is 0.178 e. The first-order valence-electron chi connectivity index (χ1n) is 16.0. The molecule has 0 radical (unpaired) electrons. The summed E-state index contributed by atoms with van der Waals surface area (Å²) in [5.41, 5.74) is 3.25. The van der Waals surface area contributed by atoms with Gasteiger partial charge in [-0.2, -0.15) is 0 Å². The van der Waals surface area contributed by atoms with Crippen LogP contribution in [-0.2, 0) is 34.0 Å². The molecule has 0 bridgehead atoms. The van der Waals surface area contributed by atoms with Gasteiger partial charge in [-0.15, -0.1) is 0 Å². The van der Waals surface area contributed by atoms with E-state index in [0.717, 1.165) is 75.3 Å². The number of benzene rings is 2. The van der Waals surface area contributed by atoms with Crippen molar-refractivity contribution in [3.05, 3.63) is 47.5 Å². The minimum Gasteiger partial charge on any atom is -0.394 e. The molecule has 0 unspecified atom stereocenters. The van der Waals surface area contributed by atoms with E-state index in [2.05, 4.69) is 5.16 Å². The quantitative estimate of drug-likeness (QED) is 0.177. The number of rotatable bonds is 15. The molecule has 0 aromatic heterocycles. The van der Waals surface area contributed by atoms with Gasteiger partial charge in [0.15, 0.2) is 19.7 Å². The number of fused-ring (bicyclic) bond motifs is 3. The van der Waals surface area contributed by atoms with E-state index in [1.165, 1.54) is 0 Å². The summed E-state index contributed by atoms with van der Waals surface area (Å²) < 4.78 is 64.6. The standard InChI is InChI=1S/C33H45NO8S2/c35-15-16-40-17-18-41-19-20-42-34-33-31-21-27(43(36,37)23-25-7-3-1-4-8-25)11-13-29(31)30-14-12-28(22-32(30)33)44(38,39)24-26-9-5-2-6-10-26/h11-14,21-22,25-26,35H,1-10,15-20,23-24H2. The molecule has 0 atom stereocenters. The molecule has 3 aliphatic rings. The molecule has 11 heteroatoms. The highest BCUT2D eigenvalue weighted by atomic mass is 32.2. The van der Waals surface area contributed by atoms with Crippen molar-refractivity contribution >= 4 is 25.4 Å². The van der Waals surface area contributed by atoms with E-state index in [9.17, 15) is 16.8 Å². The predicted molar refractivity (Wildman–Crippen MR) is 169 cm³/mol. The summed E-state index contributed by atoms with van der Waals surface area (Å²) in [6.45, 7) is 1.31. The Labute approximate surface area is 261 Å². The minimum atomic E-state index is -3.52. The van der Waals surface area contributed by atoms with Crippen molar-refractivity contribution in [2.75, 3.05) is 51.1 Å². The molecule has 242 valence electrons. The molecule has 0 heterocycles. The zero-order valence-corrected chi connectivity index (χ0v) is 27.0. The largest absolute Gasteiger partial charge is 0.394 e. The smallest absolute Gasteiger partial charge is 0.178 e. The van der Waals surface area contributed by atoms with E-state index in [4.69, 9.17) is 19.4 Å². The second-order valence-corrected chi connectivity index (χ2v) is 16.3. The van der Waals surface area contributed by atoms with E-state index >= 15 is 0 Å². The summed E-state index contributed by atoms with van der Waals surface area (Å²) in [6.07, 6.45) is 10.3. The van der Waals surface area contributed by atoms with Gasteiger partial charge in [0, 0.05) is 11.1 Å². The van der Waals surface area contributed by atoms with Crippen molar-refractivity contribution in [3.8, 4) is 11.1 Å². The molecule has 3 aliphatic carbocycles. The first kappa shape index (κ1) is 33.1. The summed E-state index contributed by atoms with van der Waals surface area (Å²) in [4.78, 5) is 6.13. The number of nitrogens with zero attached hydrogens (tertiary/aromatic N) is 1. The van der Waals surface area contributed by atoms with Crippen LogP contribution in [0.3, 0.4) is 0 Å². The zero-order valence-electron chi connectivity index (χ0n) is 25.4. The Hall–Kier alpha value is -2.31. The van der Waals surface area contributed by atoms with Crippen LogP contribution in [0.15, 0.2) is 51.3 Å². The highest BCUT2D eigenvalue weighted by molar-refractivity contribution is 7.91. The van der Waals surface area contributed by atoms with Crippen molar-refractivity contribution in [1.29, 1.82) is 0 Å². The summed E-state index contributed by atoms with van der Waals surface area (Å²) in [6, 6.07) is 10.3. The molecule has 44 heavy (non-hydrogen) atoms. The average Bonchev–Trinajstić information content (AvgIpc) is 3.33. The SMILES string of the molecule is O=S(=O)(CC1CCCCC1)c1ccc2c(c1)C(=NOCCOCCOCCO)c1cc(S(=O)(=O)CC3CCCCC3)ccc1-2. The third-order valence-corrected chi connectivity index (χ3v) is 12.7. The lowest BCUT2D eigenvalue weighted by Crippen LogP contribution is -2.19. The van der Waals surface area contributed by atoms with Gasteiger partial charge in [0.1, 0.15) is 12.3 Å². The van der Waals surface area contributed by atoms with Crippen LogP contribution in [0.4, 0.5) is 0 Å². The van der Waals surface area contributed by atoms with Gasteiger partial charge in [0.2, 0.25) is 0 Å². The Kier molecular flexibility index (Phi) is 11.5. The van der Waals surface area contributed by atoms with Crippen molar-refractivity contribution in [2.45, 2.75) is 74.0 Å². The van der Waals surface area contributed by atoms with Crippen LogP contribution in [0.1, 0.15) is 75.3 Å².